The molecular weight excluding hydrogens is 729 g/mol. The zero-order valence-electron chi connectivity index (χ0n) is 33.5. The van der Waals surface area contributed by atoms with E-state index in [9.17, 15) is 0 Å². The summed E-state index contributed by atoms with van der Waals surface area (Å²) < 4.78 is 5.16. The van der Waals surface area contributed by atoms with Crippen LogP contribution in [0, 0.1) is 13.8 Å². The number of hydrogen-bond acceptors (Lipinski definition) is 2. The molecule has 0 spiro atoms. The molecule has 284 valence electrons. The summed E-state index contributed by atoms with van der Waals surface area (Å²) >= 11 is 0. The van der Waals surface area contributed by atoms with Gasteiger partial charge in [-0.15, -0.1) is 0 Å². The van der Waals surface area contributed by atoms with E-state index in [1.165, 1.54) is 105 Å². The van der Waals surface area contributed by atoms with Crippen LogP contribution < -0.4 is 9.80 Å². The molecule has 1 aliphatic heterocycles. The first-order valence-electron chi connectivity index (χ1n) is 21.0. The number of allylic oxidation sites excluding steroid dienone is 1. The number of nitrogens with zero attached hydrogens (tertiary/aromatic N) is 4. The maximum absolute atomic E-state index is 2.60. The van der Waals surface area contributed by atoms with Gasteiger partial charge in [-0.25, -0.2) is 0 Å². The molecule has 0 radical (unpaired) electrons. The summed E-state index contributed by atoms with van der Waals surface area (Å²) in [5.74, 6) is 0.234. The van der Waals surface area contributed by atoms with Gasteiger partial charge < -0.3 is 18.8 Å². The van der Waals surface area contributed by atoms with E-state index in [1.54, 1.807) is 0 Å². The molecule has 60 heavy (non-hydrogen) atoms. The van der Waals surface area contributed by atoms with Crippen LogP contribution in [-0.2, 0) is 0 Å². The van der Waals surface area contributed by atoms with Gasteiger partial charge in [0, 0.05) is 66.9 Å². The first-order valence-corrected chi connectivity index (χ1v) is 21.0. The predicted molar refractivity (Wildman–Crippen MR) is 252 cm³/mol. The van der Waals surface area contributed by atoms with E-state index >= 15 is 0 Å². The molecule has 13 rings (SSSR count). The largest absolute Gasteiger partial charge is 0.312 e. The summed E-state index contributed by atoms with van der Waals surface area (Å²) in [6.45, 7) is 4.36. The normalized spacial score (nSPS) is 14.4. The average molecular weight is 769 g/mol. The molecular formula is C56H40N4. The molecule has 0 N–H and O–H groups in total. The van der Waals surface area contributed by atoms with E-state index in [4.69, 9.17) is 0 Å². The second-order valence-corrected chi connectivity index (χ2v) is 16.6. The Morgan fingerprint density at radius 2 is 1.10 bits per heavy atom. The van der Waals surface area contributed by atoms with Gasteiger partial charge >= 0.3 is 0 Å². The first-order chi connectivity index (χ1) is 29.6. The summed E-state index contributed by atoms with van der Waals surface area (Å²) in [7, 11) is 0. The Bertz CT molecular complexity index is 3550. The molecule has 1 atom stereocenters. The van der Waals surface area contributed by atoms with Crippen molar-refractivity contribution >= 4 is 83.1 Å². The highest BCUT2D eigenvalue weighted by Crippen LogP contribution is 2.55. The highest BCUT2D eigenvalue weighted by atomic mass is 15.2. The molecule has 0 fully saturated rings. The van der Waals surface area contributed by atoms with Gasteiger partial charge in [0.1, 0.15) is 0 Å². The number of aromatic nitrogens is 2. The average Bonchev–Trinajstić information content (AvgIpc) is 4.01. The number of rotatable bonds is 6. The van der Waals surface area contributed by atoms with E-state index in [1.807, 2.05) is 0 Å². The van der Waals surface area contributed by atoms with Crippen LogP contribution in [0.1, 0.15) is 40.3 Å². The Kier molecular flexibility index (Phi) is 6.95. The van der Waals surface area contributed by atoms with Crippen molar-refractivity contribution < 1.29 is 0 Å². The lowest BCUT2D eigenvalue weighted by molar-refractivity contribution is 0.812. The van der Waals surface area contributed by atoms with Crippen molar-refractivity contribution in [2.24, 2.45) is 0 Å². The van der Waals surface area contributed by atoms with Crippen LogP contribution in [-0.4, -0.2) is 8.97 Å². The molecule has 2 aliphatic rings. The van der Waals surface area contributed by atoms with Gasteiger partial charge in [-0.1, -0.05) is 109 Å². The van der Waals surface area contributed by atoms with E-state index in [0.717, 1.165) is 17.8 Å². The molecule has 3 aromatic heterocycles. The first kappa shape index (κ1) is 33.4. The van der Waals surface area contributed by atoms with Crippen molar-refractivity contribution in [1.29, 1.82) is 0 Å². The number of para-hydroxylation sites is 4. The molecule has 0 bridgehead atoms. The van der Waals surface area contributed by atoms with Crippen LogP contribution in [0.5, 0.6) is 0 Å². The van der Waals surface area contributed by atoms with Crippen LogP contribution in [0.25, 0.3) is 60.4 Å². The third-order valence-electron chi connectivity index (χ3n) is 13.2. The molecule has 4 nitrogen and oxygen atoms in total. The molecule has 1 aliphatic carbocycles. The van der Waals surface area contributed by atoms with Gasteiger partial charge in [0.15, 0.2) is 0 Å². The third kappa shape index (κ3) is 4.56. The number of hydrogen-bond donors (Lipinski definition) is 0. The lowest BCUT2D eigenvalue weighted by Crippen LogP contribution is -2.19. The third-order valence-corrected chi connectivity index (χ3v) is 13.2. The maximum atomic E-state index is 2.60. The van der Waals surface area contributed by atoms with E-state index < -0.39 is 0 Å². The lowest BCUT2D eigenvalue weighted by atomic mass is 9.85. The minimum Gasteiger partial charge on any atom is -0.312 e. The second-order valence-electron chi connectivity index (χ2n) is 16.6. The molecule has 4 heteroatoms. The SMILES string of the molecule is Cc1cccc(N(C2=CCC3c4cc5c(cc4-n4c3c2c2ccccc24)c2ccc(N(c3ccccc3)c3cccc(C)c3)c3c4ccccc4n5c23)c2ccccc2)c1. The summed E-state index contributed by atoms with van der Waals surface area (Å²) in [5, 5.41) is 6.42. The van der Waals surface area contributed by atoms with Crippen molar-refractivity contribution in [3.8, 4) is 5.69 Å². The smallest absolute Gasteiger partial charge is 0.0641 e. The van der Waals surface area contributed by atoms with E-state index in [2.05, 4.69) is 221 Å². The predicted octanol–water partition coefficient (Wildman–Crippen LogP) is 14.9. The Morgan fingerprint density at radius 1 is 0.483 bits per heavy atom. The monoisotopic (exact) mass is 768 g/mol. The minimum atomic E-state index is 0.234. The van der Waals surface area contributed by atoms with Crippen LogP contribution >= 0.6 is 0 Å². The summed E-state index contributed by atoms with van der Waals surface area (Å²) in [6, 6.07) is 67.3. The Morgan fingerprint density at radius 3 is 1.82 bits per heavy atom. The van der Waals surface area contributed by atoms with Crippen molar-refractivity contribution in [1.82, 2.24) is 8.97 Å². The summed E-state index contributed by atoms with van der Waals surface area (Å²) in [6.07, 6.45) is 3.43. The molecule has 8 aromatic carbocycles. The zero-order chi connectivity index (χ0) is 39.6. The van der Waals surface area contributed by atoms with Crippen molar-refractivity contribution in [3.05, 3.63) is 216 Å². The molecule has 4 heterocycles. The van der Waals surface area contributed by atoms with Gasteiger partial charge in [0.05, 0.1) is 39.1 Å². The van der Waals surface area contributed by atoms with Gasteiger partial charge in [0.2, 0.25) is 0 Å². The topological polar surface area (TPSA) is 15.8 Å². The Labute approximate surface area is 348 Å². The minimum absolute atomic E-state index is 0.234. The molecule has 0 saturated carbocycles. The van der Waals surface area contributed by atoms with Crippen LogP contribution in [0.15, 0.2) is 188 Å². The second kappa shape index (κ2) is 12.5. The number of fused-ring (bicyclic) bond motifs is 12. The lowest BCUT2D eigenvalue weighted by Gasteiger charge is -2.32. The van der Waals surface area contributed by atoms with Gasteiger partial charge in [-0.3, -0.25) is 0 Å². The zero-order valence-corrected chi connectivity index (χ0v) is 33.5. The molecule has 0 saturated heterocycles. The molecule has 0 amide bonds. The molecule has 11 aromatic rings. The fourth-order valence-corrected chi connectivity index (χ4v) is 10.8. The fourth-order valence-electron chi connectivity index (χ4n) is 10.8. The number of aryl methyl sites for hydroxylation is 2. The van der Waals surface area contributed by atoms with Gasteiger partial charge in [-0.2, -0.15) is 0 Å². The van der Waals surface area contributed by atoms with E-state index in [0.29, 0.717) is 0 Å². The Hall–Kier alpha value is -7.56. The molecule has 1 unspecified atom stereocenters. The van der Waals surface area contributed by atoms with Crippen LogP contribution in [0.3, 0.4) is 0 Å². The van der Waals surface area contributed by atoms with Crippen LogP contribution in [0.2, 0.25) is 0 Å². The standard InChI is InChI=1S/C56H40N4/c1-35-15-13-21-39(31-35)57(37-17-5-3-6-18-37)49-29-27-41-45-33-52-46(34-51(45)59-47-25-11-9-23-43(47)53(49)55(41)59)42-28-30-50(54-44-24-10-12-26-48(44)60(52)56(42)54)58(38-19-7-4-8-20-38)40-22-14-16-36(2)32-40/h3-27,29-34,42H,28H2,1-2H3. The number of anilines is 5. The fraction of sp³-hybridized carbons (Fsp3) is 0.0714. The van der Waals surface area contributed by atoms with Gasteiger partial charge in [-0.05, 0) is 116 Å². The highest BCUT2D eigenvalue weighted by molar-refractivity contribution is 6.27. The van der Waals surface area contributed by atoms with Crippen molar-refractivity contribution in [3.63, 3.8) is 0 Å². The summed E-state index contributed by atoms with van der Waals surface area (Å²) in [4.78, 5) is 4.91. The highest BCUT2D eigenvalue weighted by Gasteiger charge is 2.40. The maximum Gasteiger partial charge on any atom is 0.0641 e. The van der Waals surface area contributed by atoms with E-state index in [-0.39, 0.29) is 5.92 Å². The summed E-state index contributed by atoms with van der Waals surface area (Å²) in [5.41, 5.74) is 20.0. The van der Waals surface area contributed by atoms with Gasteiger partial charge in [0.25, 0.3) is 0 Å². The van der Waals surface area contributed by atoms with Crippen molar-refractivity contribution in [2.45, 2.75) is 26.2 Å². The quantitative estimate of drug-likeness (QED) is 0.167. The van der Waals surface area contributed by atoms with Crippen LogP contribution in [0.4, 0.5) is 28.4 Å². The Balaban J connectivity index is 1.07. The number of benzene rings is 8. The van der Waals surface area contributed by atoms with Crippen molar-refractivity contribution in [2.75, 3.05) is 9.80 Å².